The lowest BCUT2D eigenvalue weighted by molar-refractivity contribution is 0.0321. The Hall–Kier alpha value is -0.780. The SMILES string of the molecule is OC(CCl)C(O)c1cnc(F)nc1. The molecule has 0 aliphatic heterocycles. The molecule has 2 unspecified atom stereocenters. The van der Waals surface area contributed by atoms with E-state index in [0.717, 1.165) is 12.4 Å². The first-order valence-corrected chi connectivity index (χ1v) is 4.08. The molecule has 0 amide bonds. The Balaban J connectivity index is 2.77. The summed E-state index contributed by atoms with van der Waals surface area (Å²) >= 11 is 5.30. The fourth-order valence-electron chi connectivity index (χ4n) is 0.782. The lowest BCUT2D eigenvalue weighted by Crippen LogP contribution is -2.20. The van der Waals surface area contributed by atoms with E-state index >= 15 is 0 Å². The first kappa shape index (κ1) is 10.3. The van der Waals surface area contributed by atoms with Crippen molar-refractivity contribution < 1.29 is 14.6 Å². The van der Waals surface area contributed by atoms with Crippen molar-refractivity contribution in [2.45, 2.75) is 12.2 Å². The van der Waals surface area contributed by atoms with Crippen molar-refractivity contribution in [3.63, 3.8) is 0 Å². The van der Waals surface area contributed by atoms with Gasteiger partial charge in [-0.25, -0.2) is 9.97 Å². The first-order valence-electron chi connectivity index (χ1n) is 3.54. The molecule has 1 aromatic heterocycles. The predicted octanol–water partition coefficient (Wildman–Crippen LogP) is 0.249. The van der Waals surface area contributed by atoms with E-state index in [4.69, 9.17) is 16.7 Å². The smallest absolute Gasteiger partial charge is 0.308 e. The Bertz CT molecular complexity index is 270. The Labute approximate surface area is 79.0 Å². The van der Waals surface area contributed by atoms with E-state index in [0.29, 0.717) is 0 Å². The van der Waals surface area contributed by atoms with Crippen LogP contribution < -0.4 is 0 Å². The van der Waals surface area contributed by atoms with Gasteiger partial charge < -0.3 is 10.2 Å². The first-order chi connectivity index (χ1) is 6.15. The minimum absolute atomic E-state index is 0.113. The highest BCUT2D eigenvalue weighted by atomic mass is 35.5. The van der Waals surface area contributed by atoms with Crippen LogP contribution in [0.3, 0.4) is 0 Å². The predicted molar refractivity (Wildman–Crippen MR) is 43.7 cm³/mol. The highest BCUT2D eigenvalue weighted by Gasteiger charge is 2.17. The fourth-order valence-corrected chi connectivity index (χ4v) is 0.950. The van der Waals surface area contributed by atoms with Crippen LogP contribution >= 0.6 is 11.6 Å². The molecular weight excluding hydrogens is 199 g/mol. The number of aliphatic hydroxyl groups excluding tert-OH is 2. The van der Waals surface area contributed by atoms with Crippen LogP contribution in [-0.4, -0.2) is 32.2 Å². The van der Waals surface area contributed by atoms with Gasteiger partial charge in [-0.1, -0.05) is 0 Å². The molecule has 0 aliphatic rings. The van der Waals surface area contributed by atoms with Crippen LogP contribution in [0.2, 0.25) is 0 Å². The lowest BCUT2D eigenvalue weighted by atomic mass is 10.1. The summed E-state index contributed by atoms with van der Waals surface area (Å²) in [6.07, 6.45) is -0.962. The van der Waals surface area contributed by atoms with Gasteiger partial charge in [0.05, 0.1) is 12.0 Å². The van der Waals surface area contributed by atoms with E-state index in [9.17, 15) is 9.50 Å². The third-order valence-corrected chi connectivity index (χ3v) is 1.82. The number of hydrogen-bond acceptors (Lipinski definition) is 4. The van der Waals surface area contributed by atoms with Gasteiger partial charge in [-0.05, 0) is 0 Å². The Morgan fingerprint density at radius 3 is 2.38 bits per heavy atom. The molecule has 72 valence electrons. The number of alkyl halides is 1. The number of halogens is 2. The van der Waals surface area contributed by atoms with Gasteiger partial charge in [-0.2, -0.15) is 4.39 Å². The standard InChI is InChI=1S/C7H8ClFN2O2/c8-1-5(12)6(13)4-2-10-7(9)11-3-4/h2-3,5-6,12-13H,1H2. The maximum Gasteiger partial charge on any atom is 0.308 e. The minimum Gasteiger partial charge on any atom is -0.389 e. The highest BCUT2D eigenvalue weighted by molar-refractivity contribution is 6.18. The summed E-state index contributed by atoms with van der Waals surface area (Å²) in [7, 11) is 0. The van der Waals surface area contributed by atoms with Gasteiger partial charge in [0.25, 0.3) is 0 Å². The molecule has 1 rings (SSSR count). The average Bonchev–Trinajstić information content (AvgIpc) is 2.17. The van der Waals surface area contributed by atoms with Crippen molar-refractivity contribution >= 4 is 11.6 Å². The quantitative estimate of drug-likeness (QED) is 0.550. The second kappa shape index (κ2) is 4.45. The number of hydrogen-bond donors (Lipinski definition) is 2. The molecule has 0 radical (unpaired) electrons. The van der Waals surface area contributed by atoms with E-state index in [2.05, 4.69) is 9.97 Å². The summed E-state index contributed by atoms with van der Waals surface area (Å²) in [5.74, 6) is -0.113. The number of aromatic nitrogens is 2. The van der Waals surface area contributed by atoms with Crippen molar-refractivity contribution in [2.75, 3.05) is 5.88 Å². The van der Waals surface area contributed by atoms with Crippen LogP contribution in [0.1, 0.15) is 11.7 Å². The normalized spacial score (nSPS) is 15.4. The fraction of sp³-hybridized carbons (Fsp3) is 0.429. The summed E-state index contributed by atoms with van der Waals surface area (Å²) in [4.78, 5) is 6.45. The summed E-state index contributed by atoms with van der Waals surface area (Å²) in [5, 5.41) is 18.5. The van der Waals surface area contributed by atoms with Gasteiger partial charge in [-0.3, -0.25) is 0 Å². The molecule has 13 heavy (non-hydrogen) atoms. The maximum absolute atomic E-state index is 12.2. The largest absolute Gasteiger partial charge is 0.389 e. The molecule has 0 aromatic carbocycles. The van der Waals surface area contributed by atoms with E-state index in [1.807, 2.05) is 0 Å². The Morgan fingerprint density at radius 2 is 1.92 bits per heavy atom. The van der Waals surface area contributed by atoms with Gasteiger partial charge in [0, 0.05) is 18.0 Å². The maximum atomic E-state index is 12.2. The van der Waals surface area contributed by atoms with Crippen LogP contribution in [-0.2, 0) is 0 Å². The summed E-state index contributed by atoms with van der Waals surface area (Å²) in [5.41, 5.74) is 0.231. The molecule has 2 N–H and O–H groups in total. The molecule has 0 saturated carbocycles. The van der Waals surface area contributed by atoms with Gasteiger partial charge in [0.2, 0.25) is 0 Å². The zero-order valence-corrected chi connectivity index (χ0v) is 7.32. The monoisotopic (exact) mass is 206 g/mol. The summed E-state index contributed by atoms with van der Waals surface area (Å²) < 4.78 is 12.2. The third kappa shape index (κ3) is 2.58. The molecule has 0 aliphatic carbocycles. The molecule has 0 spiro atoms. The molecule has 1 aromatic rings. The molecular formula is C7H8ClFN2O2. The number of aliphatic hydroxyl groups is 2. The molecule has 2 atom stereocenters. The summed E-state index contributed by atoms with van der Waals surface area (Å²) in [6, 6.07) is 0. The molecule has 0 fully saturated rings. The number of nitrogens with zero attached hydrogens (tertiary/aromatic N) is 2. The van der Waals surface area contributed by atoms with E-state index in [1.54, 1.807) is 0 Å². The van der Waals surface area contributed by atoms with Crippen molar-refractivity contribution in [3.8, 4) is 0 Å². The third-order valence-electron chi connectivity index (χ3n) is 1.50. The van der Waals surface area contributed by atoms with Gasteiger partial charge in [-0.15, -0.1) is 11.6 Å². The van der Waals surface area contributed by atoms with Crippen LogP contribution in [0.4, 0.5) is 4.39 Å². The Kier molecular flexibility index (Phi) is 3.53. The second-order valence-corrected chi connectivity index (χ2v) is 2.76. The topological polar surface area (TPSA) is 66.2 Å². The van der Waals surface area contributed by atoms with Crippen molar-refractivity contribution in [3.05, 3.63) is 24.0 Å². The van der Waals surface area contributed by atoms with Crippen LogP contribution in [0.25, 0.3) is 0 Å². The zero-order chi connectivity index (χ0) is 9.84. The second-order valence-electron chi connectivity index (χ2n) is 2.45. The minimum atomic E-state index is -1.18. The molecule has 0 saturated heterocycles. The molecule has 1 heterocycles. The van der Waals surface area contributed by atoms with Gasteiger partial charge in [0.15, 0.2) is 0 Å². The number of rotatable bonds is 3. The zero-order valence-electron chi connectivity index (χ0n) is 6.56. The molecule has 6 heteroatoms. The highest BCUT2D eigenvalue weighted by Crippen LogP contribution is 2.15. The van der Waals surface area contributed by atoms with E-state index < -0.39 is 18.3 Å². The van der Waals surface area contributed by atoms with Gasteiger partial charge in [0.1, 0.15) is 6.10 Å². The van der Waals surface area contributed by atoms with Gasteiger partial charge >= 0.3 is 6.08 Å². The Morgan fingerprint density at radius 1 is 1.38 bits per heavy atom. The van der Waals surface area contributed by atoms with E-state index in [1.165, 1.54) is 0 Å². The lowest BCUT2D eigenvalue weighted by Gasteiger charge is -2.14. The van der Waals surface area contributed by atoms with E-state index in [-0.39, 0.29) is 11.4 Å². The average molecular weight is 207 g/mol. The van der Waals surface area contributed by atoms with Crippen LogP contribution in [0.15, 0.2) is 12.4 Å². The molecule has 4 nitrogen and oxygen atoms in total. The van der Waals surface area contributed by atoms with Crippen LogP contribution in [0.5, 0.6) is 0 Å². The van der Waals surface area contributed by atoms with Crippen LogP contribution in [0, 0.1) is 6.08 Å². The van der Waals surface area contributed by atoms with Crippen molar-refractivity contribution in [2.24, 2.45) is 0 Å². The van der Waals surface area contributed by atoms with Crippen molar-refractivity contribution in [1.82, 2.24) is 9.97 Å². The molecule has 0 bridgehead atoms. The van der Waals surface area contributed by atoms with Crippen molar-refractivity contribution in [1.29, 1.82) is 0 Å². The summed E-state index contributed by atoms with van der Waals surface area (Å²) in [6.45, 7) is 0.